The van der Waals surface area contributed by atoms with E-state index in [9.17, 15) is 9.59 Å². The zero-order valence-corrected chi connectivity index (χ0v) is 16.7. The molecule has 2 aliphatic rings. The number of aromatic nitrogens is 1. The third kappa shape index (κ3) is 3.23. The summed E-state index contributed by atoms with van der Waals surface area (Å²) in [6.45, 7) is 3.77. The van der Waals surface area contributed by atoms with Crippen LogP contribution in [0.15, 0.2) is 47.3 Å². The third-order valence-corrected chi connectivity index (χ3v) is 6.97. The first-order chi connectivity index (χ1) is 14.2. The second-order valence-electron chi connectivity index (χ2n) is 8.62. The molecule has 0 saturated carbocycles. The molecule has 5 rings (SSSR count). The number of benzene rings is 2. The Morgan fingerprint density at radius 1 is 0.897 bits per heavy atom. The Morgan fingerprint density at radius 3 is 2.55 bits per heavy atom. The summed E-state index contributed by atoms with van der Waals surface area (Å²) in [6.07, 6.45) is 5.75. The summed E-state index contributed by atoms with van der Waals surface area (Å²) in [5.41, 5.74) is 2.40. The van der Waals surface area contributed by atoms with Crippen molar-refractivity contribution in [2.75, 3.05) is 26.2 Å². The van der Waals surface area contributed by atoms with Crippen LogP contribution in [0, 0.1) is 5.41 Å². The van der Waals surface area contributed by atoms with Gasteiger partial charge >= 0.3 is 0 Å². The topological polar surface area (TPSA) is 65.2 Å². The van der Waals surface area contributed by atoms with Gasteiger partial charge in [0.15, 0.2) is 5.43 Å². The minimum atomic E-state index is -0.0199. The van der Waals surface area contributed by atoms with Crippen molar-refractivity contribution in [3.63, 3.8) is 0 Å². The number of nitrogens with zero attached hydrogens (tertiary/aromatic N) is 1. The van der Waals surface area contributed by atoms with Gasteiger partial charge in [0.05, 0.1) is 11.1 Å². The van der Waals surface area contributed by atoms with E-state index < -0.39 is 0 Å². The van der Waals surface area contributed by atoms with Gasteiger partial charge in [0.1, 0.15) is 0 Å². The van der Waals surface area contributed by atoms with Crippen molar-refractivity contribution < 1.29 is 4.79 Å². The zero-order valence-electron chi connectivity index (χ0n) is 16.7. The first-order valence-electron chi connectivity index (χ1n) is 10.7. The van der Waals surface area contributed by atoms with Gasteiger partial charge in [-0.25, -0.2) is 0 Å². The van der Waals surface area contributed by atoms with Crippen LogP contribution in [-0.4, -0.2) is 42.0 Å². The molecule has 150 valence electrons. The molecule has 3 heterocycles. The summed E-state index contributed by atoms with van der Waals surface area (Å²) >= 11 is 0. The van der Waals surface area contributed by atoms with Gasteiger partial charge < -0.3 is 15.2 Å². The van der Waals surface area contributed by atoms with Gasteiger partial charge in [-0.15, -0.1) is 0 Å². The fourth-order valence-electron chi connectivity index (χ4n) is 5.21. The summed E-state index contributed by atoms with van der Waals surface area (Å²) in [7, 11) is 0. The quantitative estimate of drug-likeness (QED) is 0.624. The summed E-state index contributed by atoms with van der Waals surface area (Å²) in [6, 6.07) is 13.0. The van der Waals surface area contributed by atoms with Crippen molar-refractivity contribution in [2.24, 2.45) is 5.41 Å². The molecule has 2 aliphatic heterocycles. The van der Waals surface area contributed by atoms with Crippen LogP contribution in [0.25, 0.3) is 21.8 Å². The van der Waals surface area contributed by atoms with Crippen LogP contribution < -0.4 is 10.7 Å². The average Bonchev–Trinajstić information content (AvgIpc) is 2.96. The number of aromatic amines is 1. The Labute approximate surface area is 170 Å². The molecule has 29 heavy (non-hydrogen) atoms. The largest absolute Gasteiger partial charge is 0.354 e. The fraction of sp³-hybridized carbons (Fsp3) is 0.417. The highest BCUT2D eigenvalue weighted by molar-refractivity contribution is 6.07. The van der Waals surface area contributed by atoms with Crippen LogP contribution in [0.2, 0.25) is 0 Å². The number of para-hydroxylation sites is 2. The van der Waals surface area contributed by atoms with Crippen LogP contribution in [-0.2, 0) is 0 Å². The minimum Gasteiger partial charge on any atom is -0.354 e. The van der Waals surface area contributed by atoms with Crippen LogP contribution in [0.4, 0.5) is 0 Å². The number of fused-ring (bicyclic) bond motifs is 2. The Bertz CT molecular complexity index is 1130. The lowest BCUT2D eigenvalue weighted by Crippen LogP contribution is -2.38. The molecule has 0 bridgehead atoms. The number of pyridine rings is 1. The molecular weight excluding hydrogens is 362 g/mol. The van der Waals surface area contributed by atoms with E-state index in [0.717, 1.165) is 44.5 Å². The molecule has 3 aromatic rings. The van der Waals surface area contributed by atoms with Gasteiger partial charge in [0, 0.05) is 29.4 Å². The number of likely N-dealkylation sites (tertiary alicyclic amines) is 1. The van der Waals surface area contributed by atoms with Crippen LogP contribution in [0.1, 0.15) is 42.5 Å². The first kappa shape index (κ1) is 18.4. The SMILES string of the molecule is O=C(c1cccc2c(=O)c3ccccc3[nH]c12)N1CCCC2(CCNCC2)CC1. The van der Waals surface area contributed by atoms with Crippen molar-refractivity contribution in [1.82, 2.24) is 15.2 Å². The Balaban J connectivity index is 1.50. The van der Waals surface area contributed by atoms with Crippen LogP contribution in [0.3, 0.4) is 0 Å². The monoisotopic (exact) mass is 389 g/mol. The highest BCUT2D eigenvalue weighted by Gasteiger charge is 2.35. The van der Waals surface area contributed by atoms with E-state index >= 15 is 0 Å². The number of H-pyrrole nitrogens is 1. The van der Waals surface area contributed by atoms with E-state index in [-0.39, 0.29) is 11.3 Å². The average molecular weight is 389 g/mol. The molecule has 2 fully saturated rings. The molecule has 1 spiro atoms. The maximum absolute atomic E-state index is 13.5. The second kappa shape index (κ2) is 7.30. The second-order valence-corrected chi connectivity index (χ2v) is 8.62. The normalized spacial score (nSPS) is 19.5. The molecule has 2 N–H and O–H groups in total. The van der Waals surface area contributed by atoms with Gasteiger partial charge in [-0.1, -0.05) is 18.2 Å². The van der Waals surface area contributed by atoms with Gasteiger partial charge in [-0.3, -0.25) is 9.59 Å². The van der Waals surface area contributed by atoms with Crippen LogP contribution >= 0.6 is 0 Å². The molecule has 5 heteroatoms. The van der Waals surface area contributed by atoms with Crippen LogP contribution in [0.5, 0.6) is 0 Å². The minimum absolute atomic E-state index is 0.0199. The van der Waals surface area contributed by atoms with Crippen molar-refractivity contribution in [1.29, 1.82) is 0 Å². The van der Waals surface area contributed by atoms with Crippen molar-refractivity contribution in [2.45, 2.75) is 32.1 Å². The number of carbonyl (C=O) groups is 1. The van der Waals surface area contributed by atoms with Gasteiger partial charge in [0.2, 0.25) is 0 Å². The van der Waals surface area contributed by atoms with Gasteiger partial charge in [-0.2, -0.15) is 0 Å². The summed E-state index contributed by atoms with van der Waals surface area (Å²) in [5, 5.41) is 4.70. The third-order valence-electron chi connectivity index (χ3n) is 6.97. The predicted molar refractivity (Wildman–Crippen MR) is 116 cm³/mol. The highest BCUT2D eigenvalue weighted by Crippen LogP contribution is 2.39. The summed E-state index contributed by atoms with van der Waals surface area (Å²) in [4.78, 5) is 31.8. The van der Waals surface area contributed by atoms with Crippen molar-refractivity contribution in [3.05, 3.63) is 58.3 Å². The molecule has 1 amide bonds. The van der Waals surface area contributed by atoms with Crippen molar-refractivity contribution >= 4 is 27.7 Å². The Kier molecular flexibility index (Phi) is 4.63. The molecule has 0 aliphatic carbocycles. The van der Waals surface area contributed by atoms with E-state index in [0.29, 0.717) is 27.3 Å². The van der Waals surface area contributed by atoms with Crippen molar-refractivity contribution in [3.8, 4) is 0 Å². The summed E-state index contributed by atoms with van der Waals surface area (Å²) in [5.74, 6) is 0.0347. The molecule has 2 saturated heterocycles. The maximum atomic E-state index is 13.5. The lowest BCUT2D eigenvalue weighted by molar-refractivity contribution is 0.0752. The maximum Gasteiger partial charge on any atom is 0.255 e. The number of hydrogen-bond donors (Lipinski definition) is 2. The number of carbonyl (C=O) groups excluding carboxylic acids is 1. The van der Waals surface area contributed by atoms with E-state index in [1.807, 2.05) is 47.4 Å². The van der Waals surface area contributed by atoms with E-state index in [1.165, 1.54) is 19.3 Å². The molecule has 0 radical (unpaired) electrons. The number of amides is 1. The molecule has 2 aromatic carbocycles. The number of piperidine rings is 1. The predicted octanol–water partition coefficient (Wildman–Crippen LogP) is 3.68. The molecule has 1 aromatic heterocycles. The molecule has 0 atom stereocenters. The molecule has 5 nitrogen and oxygen atoms in total. The molecule has 0 unspecified atom stereocenters. The van der Waals surface area contributed by atoms with Gasteiger partial charge in [-0.05, 0) is 74.9 Å². The Morgan fingerprint density at radius 2 is 1.69 bits per heavy atom. The molecular formula is C24H27N3O2. The zero-order chi connectivity index (χ0) is 19.8. The number of hydrogen-bond acceptors (Lipinski definition) is 3. The Hall–Kier alpha value is -2.66. The van der Waals surface area contributed by atoms with E-state index in [4.69, 9.17) is 0 Å². The fourth-order valence-corrected chi connectivity index (χ4v) is 5.21. The van der Waals surface area contributed by atoms with E-state index in [1.54, 1.807) is 0 Å². The van der Waals surface area contributed by atoms with Gasteiger partial charge in [0.25, 0.3) is 5.91 Å². The van der Waals surface area contributed by atoms with E-state index in [2.05, 4.69) is 10.3 Å². The smallest absolute Gasteiger partial charge is 0.255 e. The number of rotatable bonds is 1. The standard InChI is InChI=1S/C24H27N3O2/c28-22-17-5-1-2-8-20(17)26-21-18(22)6-3-7-19(21)23(29)27-15-4-9-24(12-16-27)10-13-25-14-11-24/h1-3,5-8,25H,4,9-16H2,(H,26,28). The first-order valence-corrected chi connectivity index (χ1v) is 10.7. The lowest BCUT2D eigenvalue weighted by atomic mass is 9.73. The number of nitrogens with one attached hydrogen (secondary N) is 2. The lowest BCUT2D eigenvalue weighted by Gasteiger charge is -2.37. The summed E-state index contributed by atoms with van der Waals surface area (Å²) < 4.78 is 0. The highest BCUT2D eigenvalue weighted by atomic mass is 16.2.